The van der Waals surface area contributed by atoms with Crippen LogP contribution >= 0.6 is 22.9 Å². The molecule has 35 heavy (non-hydrogen) atoms. The van der Waals surface area contributed by atoms with Crippen LogP contribution in [0.3, 0.4) is 0 Å². The van der Waals surface area contributed by atoms with E-state index in [9.17, 15) is 19.1 Å². The van der Waals surface area contributed by atoms with Gasteiger partial charge in [0.15, 0.2) is 10.8 Å². The molecule has 2 aliphatic rings. The highest BCUT2D eigenvalue weighted by molar-refractivity contribution is 7.11. The third-order valence-electron chi connectivity index (χ3n) is 5.47. The zero-order chi connectivity index (χ0) is 25.1. The number of carboxylic acids is 1. The fraction of sp³-hybridized carbons (Fsp3) is 0.391. The minimum absolute atomic E-state index is 0.0228. The van der Waals surface area contributed by atoms with Crippen LogP contribution in [0.5, 0.6) is 0 Å². The predicted octanol–water partition coefficient (Wildman–Crippen LogP) is 3.02. The molecule has 0 spiro atoms. The van der Waals surface area contributed by atoms with Gasteiger partial charge in [0.2, 0.25) is 0 Å². The van der Waals surface area contributed by atoms with Crippen molar-refractivity contribution >= 4 is 40.7 Å². The number of nitrogens with zero attached hydrogens (tertiary/aromatic N) is 3. The summed E-state index contributed by atoms with van der Waals surface area (Å²) in [6.07, 6.45) is 1.21. The lowest BCUT2D eigenvalue weighted by Gasteiger charge is -2.35. The van der Waals surface area contributed by atoms with E-state index >= 15 is 0 Å². The second-order valence-corrected chi connectivity index (χ2v) is 9.56. The molecule has 1 aromatic carbocycles. The molecule has 0 saturated carbocycles. The Kier molecular flexibility index (Phi) is 7.80. The number of rotatable bonds is 7. The van der Waals surface area contributed by atoms with Gasteiger partial charge >= 0.3 is 11.9 Å². The summed E-state index contributed by atoms with van der Waals surface area (Å²) in [5, 5.41) is 15.3. The van der Waals surface area contributed by atoms with Crippen LogP contribution in [0.15, 0.2) is 46.0 Å². The van der Waals surface area contributed by atoms with E-state index in [1.54, 1.807) is 30.3 Å². The molecule has 0 aliphatic carbocycles. The number of aliphatic carboxylic acids is 1. The Bertz CT molecular complexity index is 1170. The predicted molar refractivity (Wildman–Crippen MR) is 128 cm³/mol. The van der Waals surface area contributed by atoms with E-state index in [0.717, 1.165) is 6.07 Å². The summed E-state index contributed by atoms with van der Waals surface area (Å²) in [6, 6.07) is 2.07. The molecule has 3 heterocycles. The molecule has 0 bridgehead atoms. The number of benzene rings is 1. The lowest BCUT2D eigenvalue weighted by atomic mass is 9.95. The highest BCUT2D eigenvalue weighted by Crippen LogP contribution is 2.37. The van der Waals surface area contributed by atoms with Gasteiger partial charge in [0.25, 0.3) is 0 Å². The standard InChI is InChI=1S/C23H24ClFN4O5S/c1-12(2)34-23(32)18-16(10-29-6-7-33-11-17(29)22(30)31)27-20(21-26-5-8-35-21)28-19(18)14-4-3-13(25)9-15(14)24/h3-5,8-9,12,17,19H,6-7,10-11H2,1-2H3,(H,27,28)(H,30,31)/t17-,19-/m0/s1. The van der Waals surface area contributed by atoms with Gasteiger partial charge in [-0.15, -0.1) is 11.3 Å². The molecule has 2 N–H and O–H groups in total. The molecule has 2 aromatic rings. The Labute approximate surface area is 210 Å². The Morgan fingerprint density at radius 2 is 2.23 bits per heavy atom. The SMILES string of the molecule is CC(C)OC(=O)C1=C(CN2CCOC[C@H]2C(=O)O)NC(c2nccs2)=N[C@H]1c1ccc(F)cc1Cl. The largest absolute Gasteiger partial charge is 0.480 e. The number of hydrogen-bond donors (Lipinski definition) is 2. The number of nitrogens with one attached hydrogen (secondary N) is 1. The van der Waals surface area contributed by atoms with Gasteiger partial charge in [-0.2, -0.15) is 0 Å². The first-order valence-corrected chi connectivity index (χ1v) is 12.2. The van der Waals surface area contributed by atoms with E-state index in [-0.39, 0.29) is 23.7 Å². The van der Waals surface area contributed by atoms with Gasteiger partial charge in [0.1, 0.15) is 17.9 Å². The van der Waals surface area contributed by atoms with Crippen LogP contribution in [0.1, 0.15) is 30.5 Å². The number of aliphatic imine (C=N–C) groups is 1. The van der Waals surface area contributed by atoms with Crippen molar-refractivity contribution in [3.8, 4) is 0 Å². The second kappa shape index (κ2) is 10.8. The zero-order valence-corrected chi connectivity index (χ0v) is 20.6. The Hall–Kier alpha value is -2.86. The summed E-state index contributed by atoms with van der Waals surface area (Å²) in [5.41, 5.74) is 0.992. The first kappa shape index (κ1) is 25.2. The number of carbonyl (C=O) groups is 2. The number of thiazole rings is 1. The maximum atomic E-state index is 13.8. The summed E-state index contributed by atoms with van der Waals surface area (Å²) < 4.78 is 24.7. The van der Waals surface area contributed by atoms with Gasteiger partial charge in [0, 0.05) is 40.9 Å². The fourth-order valence-corrected chi connectivity index (χ4v) is 4.75. The van der Waals surface area contributed by atoms with Crippen molar-refractivity contribution in [1.82, 2.24) is 15.2 Å². The maximum Gasteiger partial charge on any atom is 0.338 e. The molecule has 9 nitrogen and oxygen atoms in total. The number of carboxylic acid groups (broad SMARTS) is 1. The smallest absolute Gasteiger partial charge is 0.338 e. The van der Waals surface area contributed by atoms with Gasteiger partial charge in [-0.3, -0.25) is 14.7 Å². The van der Waals surface area contributed by atoms with Crippen molar-refractivity contribution in [3.63, 3.8) is 0 Å². The summed E-state index contributed by atoms with van der Waals surface area (Å²) in [4.78, 5) is 35.9. The molecule has 2 aliphatic heterocycles. The molecule has 4 rings (SSSR count). The van der Waals surface area contributed by atoms with E-state index in [1.807, 2.05) is 0 Å². The van der Waals surface area contributed by atoms with Crippen LogP contribution < -0.4 is 5.32 Å². The van der Waals surface area contributed by atoms with Crippen molar-refractivity contribution in [2.24, 2.45) is 4.99 Å². The van der Waals surface area contributed by atoms with Crippen molar-refractivity contribution in [3.05, 3.63) is 62.5 Å². The Morgan fingerprint density at radius 1 is 1.43 bits per heavy atom. The van der Waals surface area contributed by atoms with Gasteiger partial charge in [0.05, 0.1) is 24.9 Å². The summed E-state index contributed by atoms with van der Waals surface area (Å²) in [5.74, 6) is -1.79. The summed E-state index contributed by atoms with van der Waals surface area (Å²) >= 11 is 7.74. The van der Waals surface area contributed by atoms with E-state index < -0.39 is 35.9 Å². The van der Waals surface area contributed by atoms with Gasteiger partial charge in [-0.05, 0) is 26.0 Å². The average molecular weight is 523 g/mol. The summed E-state index contributed by atoms with van der Waals surface area (Å²) in [6.45, 7) is 4.25. The van der Waals surface area contributed by atoms with Crippen molar-refractivity contribution in [2.45, 2.75) is 32.0 Å². The van der Waals surface area contributed by atoms with Gasteiger partial charge < -0.3 is 19.9 Å². The monoisotopic (exact) mass is 522 g/mol. The number of ether oxygens (including phenoxy) is 2. The molecule has 0 amide bonds. The molecule has 0 radical (unpaired) electrons. The number of amidine groups is 1. The normalized spacial score (nSPS) is 21.0. The molecule has 186 valence electrons. The van der Waals surface area contributed by atoms with Gasteiger partial charge in [-0.25, -0.2) is 14.2 Å². The quantitative estimate of drug-likeness (QED) is 0.533. The van der Waals surface area contributed by atoms with Crippen LogP contribution in [0.4, 0.5) is 4.39 Å². The highest BCUT2D eigenvalue weighted by atomic mass is 35.5. The zero-order valence-electron chi connectivity index (χ0n) is 19.0. The highest BCUT2D eigenvalue weighted by Gasteiger charge is 2.37. The van der Waals surface area contributed by atoms with Crippen molar-refractivity contribution in [1.29, 1.82) is 0 Å². The number of carbonyl (C=O) groups excluding carboxylic acids is 1. The first-order chi connectivity index (χ1) is 16.7. The third kappa shape index (κ3) is 5.69. The number of morpholine rings is 1. The fourth-order valence-electron chi connectivity index (χ4n) is 3.89. The van der Waals surface area contributed by atoms with Crippen molar-refractivity contribution in [2.75, 3.05) is 26.3 Å². The van der Waals surface area contributed by atoms with Crippen LogP contribution in [-0.4, -0.2) is 71.2 Å². The molecular weight excluding hydrogens is 499 g/mol. The molecule has 1 aromatic heterocycles. The summed E-state index contributed by atoms with van der Waals surface area (Å²) in [7, 11) is 0. The number of esters is 1. The average Bonchev–Trinajstić information content (AvgIpc) is 3.33. The number of aromatic nitrogens is 1. The minimum atomic E-state index is -1.03. The van der Waals surface area contributed by atoms with E-state index in [2.05, 4.69) is 10.3 Å². The molecule has 1 fully saturated rings. The molecular formula is C23H24ClFN4O5S. The molecule has 12 heteroatoms. The van der Waals surface area contributed by atoms with Crippen molar-refractivity contribution < 1.29 is 28.6 Å². The Morgan fingerprint density at radius 3 is 2.89 bits per heavy atom. The van der Waals surface area contributed by atoms with E-state index in [1.165, 1.54) is 23.5 Å². The van der Waals surface area contributed by atoms with Crippen LogP contribution in [0.25, 0.3) is 0 Å². The van der Waals surface area contributed by atoms with Gasteiger partial charge in [-0.1, -0.05) is 17.7 Å². The molecule has 1 saturated heterocycles. The lowest BCUT2D eigenvalue weighted by Crippen LogP contribution is -2.52. The molecule has 0 unspecified atom stereocenters. The number of hydrogen-bond acceptors (Lipinski definition) is 9. The van der Waals surface area contributed by atoms with Crippen LogP contribution in [0, 0.1) is 5.82 Å². The minimum Gasteiger partial charge on any atom is -0.480 e. The van der Waals surface area contributed by atoms with Crippen LogP contribution in [0.2, 0.25) is 5.02 Å². The Balaban J connectivity index is 1.84. The van der Waals surface area contributed by atoms with E-state index in [4.69, 9.17) is 26.1 Å². The topological polar surface area (TPSA) is 113 Å². The van der Waals surface area contributed by atoms with E-state index in [0.29, 0.717) is 35.3 Å². The lowest BCUT2D eigenvalue weighted by molar-refractivity contribution is -0.149. The maximum absolute atomic E-state index is 13.8. The molecule has 2 atom stereocenters. The third-order valence-corrected chi connectivity index (χ3v) is 6.57. The van der Waals surface area contributed by atoms with Crippen LogP contribution in [-0.2, 0) is 19.1 Å². The first-order valence-electron chi connectivity index (χ1n) is 10.9. The number of halogens is 2. The second-order valence-electron chi connectivity index (χ2n) is 8.25.